The second kappa shape index (κ2) is 21.7. The van der Waals surface area contributed by atoms with E-state index in [0.717, 1.165) is 60.4 Å². The van der Waals surface area contributed by atoms with Crippen LogP contribution in [0.1, 0.15) is 56.2 Å². The van der Waals surface area contributed by atoms with Gasteiger partial charge in [-0.05, 0) is 90.5 Å². The van der Waals surface area contributed by atoms with E-state index >= 15 is 0 Å². The number of aliphatic carboxylic acids is 1. The quantitative estimate of drug-likeness (QED) is 0.0569. The van der Waals surface area contributed by atoms with Gasteiger partial charge in [0.25, 0.3) is 6.08 Å². The molecule has 232 valence electrons. The van der Waals surface area contributed by atoms with Gasteiger partial charge >= 0.3 is 5.97 Å². The van der Waals surface area contributed by atoms with Gasteiger partial charge in [0.2, 0.25) is 0 Å². The Morgan fingerprint density at radius 2 is 1.44 bits per heavy atom. The SMILES string of the molecule is C=C(CO)C(=O)O.C=CC.CCCc1ccc(-c2ccc(-c3ccc(CCCOO)cc3)cc2CCCC=C(F)F)cc1. The highest BCUT2D eigenvalue weighted by molar-refractivity contribution is 5.85. The predicted octanol–water partition coefficient (Wildman–Crippen LogP) is 9.31. The molecule has 0 aliphatic carbocycles. The number of hydrogen-bond donors (Lipinski definition) is 3. The van der Waals surface area contributed by atoms with Crippen molar-refractivity contribution >= 4 is 5.97 Å². The fourth-order valence-corrected chi connectivity index (χ4v) is 4.18. The molecule has 0 heterocycles. The highest BCUT2D eigenvalue weighted by atomic mass is 19.3. The Hall–Kier alpha value is -3.91. The third-order valence-electron chi connectivity index (χ3n) is 6.34. The van der Waals surface area contributed by atoms with Gasteiger partial charge in [-0.1, -0.05) is 92.7 Å². The number of hydrogen-bond acceptors (Lipinski definition) is 4. The number of aryl methyl sites for hydroxylation is 3. The Balaban J connectivity index is 0.000000799. The van der Waals surface area contributed by atoms with Crippen molar-refractivity contribution in [1.29, 1.82) is 0 Å². The van der Waals surface area contributed by atoms with Crippen LogP contribution in [0.2, 0.25) is 0 Å². The van der Waals surface area contributed by atoms with Crippen LogP contribution < -0.4 is 0 Å². The number of rotatable bonds is 14. The standard InChI is InChI=1S/C29H32F2O2.C4H6O3.C3H6/c1-2-6-22-12-16-25(17-13-22)28-19-18-26(21-27(28)8-3-4-9-29(30)31)24-14-10-23(11-15-24)7-5-20-33-32;1-3(2-5)4(6)7;1-3-2/h9-19,21,32H,2-8,20H2,1H3;5H,1-2H2,(H,6,7);3H,1H2,2H3. The summed E-state index contributed by atoms with van der Waals surface area (Å²) in [5.41, 5.74) is 8.07. The Morgan fingerprint density at radius 1 is 0.884 bits per heavy atom. The first-order chi connectivity index (χ1) is 20.7. The lowest BCUT2D eigenvalue weighted by atomic mass is 9.91. The molecule has 0 aliphatic rings. The molecule has 5 nitrogen and oxygen atoms in total. The van der Waals surface area contributed by atoms with Crippen molar-refractivity contribution in [3.8, 4) is 22.3 Å². The van der Waals surface area contributed by atoms with Crippen LogP contribution in [0.25, 0.3) is 22.3 Å². The lowest BCUT2D eigenvalue weighted by Gasteiger charge is -2.13. The number of benzene rings is 3. The minimum atomic E-state index is -1.61. The van der Waals surface area contributed by atoms with Crippen molar-refractivity contribution in [2.24, 2.45) is 0 Å². The Labute approximate surface area is 254 Å². The minimum absolute atomic E-state index is 0.181. The fourth-order valence-electron chi connectivity index (χ4n) is 4.18. The summed E-state index contributed by atoms with van der Waals surface area (Å²) < 4.78 is 24.9. The number of carbonyl (C=O) groups is 1. The van der Waals surface area contributed by atoms with E-state index in [1.54, 1.807) is 6.08 Å². The zero-order valence-electron chi connectivity index (χ0n) is 25.2. The number of unbranched alkanes of at least 4 members (excludes halogenated alkanes) is 1. The molecule has 3 aromatic rings. The first kappa shape index (κ1) is 37.1. The first-order valence-electron chi connectivity index (χ1n) is 14.4. The normalized spacial score (nSPS) is 10.0. The molecule has 0 bridgehead atoms. The maximum Gasteiger partial charge on any atom is 0.333 e. The molecule has 0 aliphatic heterocycles. The average Bonchev–Trinajstić information content (AvgIpc) is 3.00. The van der Waals surface area contributed by atoms with Crippen LogP contribution >= 0.6 is 0 Å². The first-order valence-corrected chi connectivity index (χ1v) is 14.4. The molecule has 0 aromatic heterocycles. The summed E-state index contributed by atoms with van der Waals surface area (Å²) >= 11 is 0. The van der Waals surface area contributed by atoms with Crippen LogP contribution in [0.4, 0.5) is 8.78 Å². The van der Waals surface area contributed by atoms with E-state index in [9.17, 15) is 13.6 Å². The molecule has 43 heavy (non-hydrogen) atoms. The van der Waals surface area contributed by atoms with Crippen LogP contribution in [0.15, 0.2) is 104 Å². The number of aliphatic hydroxyl groups is 1. The van der Waals surface area contributed by atoms with E-state index in [-0.39, 0.29) is 5.57 Å². The van der Waals surface area contributed by atoms with E-state index in [2.05, 4.69) is 91.7 Å². The maximum atomic E-state index is 12.5. The van der Waals surface area contributed by atoms with Gasteiger partial charge in [0.05, 0.1) is 18.8 Å². The highest BCUT2D eigenvalue weighted by Crippen LogP contribution is 2.31. The summed E-state index contributed by atoms with van der Waals surface area (Å²) in [5.74, 6) is -1.15. The van der Waals surface area contributed by atoms with Gasteiger partial charge in [-0.3, -0.25) is 5.26 Å². The molecule has 0 atom stereocenters. The zero-order chi connectivity index (χ0) is 32.0. The van der Waals surface area contributed by atoms with E-state index in [1.165, 1.54) is 16.7 Å². The predicted molar refractivity (Wildman–Crippen MR) is 171 cm³/mol. The summed E-state index contributed by atoms with van der Waals surface area (Å²) in [5, 5.41) is 24.4. The second-order valence-corrected chi connectivity index (χ2v) is 9.81. The number of carboxylic acids is 1. The lowest BCUT2D eigenvalue weighted by Crippen LogP contribution is -2.01. The molecule has 3 N–H and O–H groups in total. The Bertz CT molecular complexity index is 1280. The molecule has 3 rings (SSSR count). The van der Waals surface area contributed by atoms with Gasteiger partial charge in [-0.25, -0.2) is 9.68 Å². The van der Waals surface area contributed by atoms with Crippen molar-refractivity contribution < 1.29 is 33.9 Å². The third kappa shape index (κ3) is 14.7. The maximum absolute atomic E-state index is 12.5. The van der Waals surface area contributed by atoms with Crippen molar-refractivity contribution in [2.75, 3.05) is 13.2 Å². The van der Waals surface area contributed by atoms with E-state index in [4.69, 9.17) is 15.5 Å². The summed E-state index contributed by atoms with van der Waals surface area (Å²) in [6, 6.07) is 23.6. The second-order valence-electron chi connectivity index (χ2n) is 9.81. The molecular weight excluding hydrogens is 550 g/mol. The number of allylic oxidation sites excluding steroid dienone is 2. The van der Waals surface area contributed by atoms with Crippen molar-refractivity contribution in [2.45, 2.75) is 58.8 Å². The molecule has 3 aromatic carbocycles. The Kier molecular flexibility index (Phi) is 18.8. The highest BCUT2D eigenvalue weighted by Gasteiger charge is 2.09. The monoisotopic (exact) mass is 594 g/mol. The van der Waals surface area contributed by atoms with Gasteiger partial charge in [0, 0.05) is 0 Å². The Morgan fingerprint density at radius 3 is 1.93 bits per heavy atom. The van der Waals surface area contributed by atoms with Gasteiger partial charge in [-0.2, -0.15) is 8.78 Å². The van der Waals surface area contributed by atoms with Crippen LogP contribution in [-0.2, 0) is 28.9 Å². The van der Waals surface area contributed by atoms with Crippen LogP contribution in [-0.4, -0.2) is 34.7 Å². The lowest BCUT2D eigenvalue weighted by molar-refractivity contribution is -0.242. The smallest absolute Gasteiger partial charge is 0.333 e. The molecular formula is C36H44F2O5. The number of aliphatic hydroxyl groups excluding tert-OH is 1. The molecule has 0 spiro atoms. The van der Waals surface area contributed by atoms with Crippen molar-refractivity contribution in [3.05, 3.63) is 120 Å². The summed E-state index contributed by atoms with van der Waals surface area (Å²) in [6.07, 6.45) is 6.72. The minimum Gasteiger partial charge on any atom is -0.478 e. The third-order valence-corrected chi connectivity index (χ3v) is 6.34. The van der Waals surface area contributed by atoms with Gasteiger partial charge in [0.1, 0.15) is 0 Å². The number of carboxylic acid groups (broad SMARTS) is 1. The van der Waals surface area contributed by atoms with Gasteiger partial charge < -0.3 is 10.2 Å². The summed E-state index contributed by atoms with van der Waals surface area (Å²) in [4.78, 5) is 13.8. The molecule has 0 amide bonds. The molecule has 0 saturated heterocycles. The molecule has 0 saturated carbocycles. The summed E-state index contributed by atoms with van der Waals surface area (Å²) in [7, 11) is 0. The average molecular weight is 595 g/mol. The largest absolute Gasteiger partial charge is 0.478 e. The number of halogens is 2. The van der Waals surface area contributed by atoms with Crippen molar-refractivity contribution in [1.82, 2.24) is 0 Å². The van der Waals surface area contributed by atoms with Crippen LogP contribution in [0.3, 0.4) is 0 Å². The molecule has 0 fully saturated rings. The molecule has 7 heteroatoms. The van der Waals surface area contributed by atoms with E-state index < -0.39 is 18.7 Å². The van der Waals surface area contributed by atoms with Crippen LogP contribution in [0.5, 0.6) is 0 Å². The van der Waals surface area contributed by atoms with Crippen LogP contribution in [0, 0.1) is 0 Å². The summed E-state index contributed by atoms with van der Waals surface area (Å²) in [6.45, 7) is 10.3. The fraction of sp³-hybridized carbons (Fsp3) is 0.306. The van der Waals surface area contributed by atoms with E-state index in [0.29, 0.717) is 19.4 Å². The molecule has 0 unspecified atom stereocenters. The van der Waals surface area contributed by atoms with Gasteiger partial charge in [-0.15, -0.1) is 6.58 Å². The zero-order valence-corrected chi connectivity index (χ0v) is 25.2. The molecule has 0 radical (unpaired) electrons. The van der Waals surface area contributed by atoms with Crippen molar-refractivity contribution in [3.63, 3.8) is 0 Å². The topological polar surface area (TPSA) is 87.0 Å². The van der Waals surface area contributed by atoms with Gasteiger partial charge in [0.15, 0.2) is 0 Å². The van der Waals surface area contributed by atoms with E-state index in [1.807, 2.05) is 6.92 Å².